The molecule has 2 aliphatic heterocycles. The molecule has 3 atom stereocenters. The number of benzene rings is 2. The fraction of sp³-hybridized carbons (Fsp3) is 0.292. The molecule has 0 saturated carbocycles. The van der Waals surface area contributed by atoms with E-state index in [4.69, 9.17) is 4.74 Å². The molecule has 164 valence electrons. The molecule has 32 heavy (non-hydrogen) atoms. The van der Waals surface area contributed by atoms with Gasteiger partial charge in [-0.15, -0.1) is 0 Å². The van der Waals surface area contributed by atoms with Gasteiger partial charge in [0.1, 0.15) is 5.75 Å². The van der Waals surface area contributed by atoms with Crippen molar-refractivity contribution in [3.63, 3.8) is 0 Å². The predicted molar refractivity (Wildman–Crippen MR) is 122 cm³/mol. The molecule has 3 aliphatic rings. The number of amides is 3. The molecular formula is C24H22BrN3O4. The van der Waals surface area contributed by atoms with Crippen LogP contribution in [0.5, 0.6) is 5.75 Å². The molecule has 5 rings (SSSR count). The number of nitrogens with one attached hydrogen (secondary N) is 2. The molecule has 0 radical (unpaired) electrons. The lowest BCUT2D eigenvalue weighted by Crippen LogP contribution is -2.59. The van der Waals surface area contributed by atoms with Crippen molar-refractivity contribution >= 4 is 39.3 Å². The lowest BCUT2D eigenvalue weighted by molar-refractivity contribution is -0.139. The maximum absolute atomic E-state index is 13.1. The molecule has 1 fully saturated rings. The maximum atomic E-state index is 13.1. The molecule has 1 saturated heterocycles. The average Bonchev–Trinajstić information content (AvgIpc) is 2.82. The standard InChI is InChI=1S/C24H22BrN3O4/c25-15-8-9-21-19(13-15)20(10-11-32-21)26-22(29)14-4-3-5-16(12-14)28-24(31)18-7-2-1-6-17(18)23(30)27-28/h1-5,8-9,12-13,17-18,20H,6-7,10-11H2,(H,26,29)(H,27,30). The fourth-order valence-electron chi connectivity index (χ4n) is 4.53. The molecule has 2 heterocycles. The number of fused-ring (bicyclic) bond motifs is 2. The van der Waals surface area contributed by atoms with Gasteiger partial charge < -0.3 is 10.1 Å². The number of nitrogens with zero attached hydrogens (tertiary/aromatic N) is 1. The zero-order valence-corrected chi connectivity index (χ0v) is 18.8. The Hall–Kier alpha value is -3.13. The zero-order chi connectivity index (χ0) is 22.2. The molecule has 2 aromatic carbocycles. The van der Waals surface area contributed by atoms with E-state index in [0.29, 0.717) is 37.1 Å². The van der Waals surface area contributed by atoms with Crippen LogP contribution < -0.4 is 20.5 Å². The van der Waals surface area contributed by atoms with Crippen molar-refractivity contribution in [3.8, 4) is 5.75 Å². The summed E-state index contributed by atoms with van der Waals surface area (Å²) >= 11 is 3.47. The Morgan fingerprint density at radius 3 is 2.75 bits per heavy atom. The smallest absolute Gasteiger partial charge is 0.251 e. The second-order valence-electron chi connectivity index (χ2n) is 8.20. The number of hydrogen-bond donors (Lipinski definition) is 2. The summed E-state index contributed by atoms with van der Waals surface area (Å²) in [7, 11) is 0. The Bertz CT molecular complexity index is 1130. The van der Waals surface area contributed by atoms with E-state index in [1.165, 1.54) is 5.01 Å². The van der Waals surface area contributed by atoms with Gasteiger partial charge in [-0.3, -0.25) is 19.8 Å². The van der Waals surface area contributed by atoms with Crippen molar-refractivity contribution in [2.45, 2.75) is 25.3 Å². The number of carbonyl (C=O) groups is 3. The second-order valence-corrected chi connectivity index (χ2v) is 9.12. The van der Waals surface area contributed by atoms with Gasteiger partial charge >= 0.3 is 0 Å². The highest BCUT2D eigenvalue weighted by Gasteiger charge is 2.42. The summed E-state index contributed by atoms with van der Waals surface area (Å²) in [6.07, 6.45) is 5.67. The zero-order valence-electron chi connectivity index (χ0n) is 17.2. The van der Waals surface area contributed by atoms with Crippen LogP contribution in [0.15, 0.2) is 59.1 Å². The highest BCUT2D eigenvalue weighted by Crippen LogP contribution is 2.35. The topological polar surface area (TPSA) is 87.7 Å². The molecule has 3 amide bonds. The number of ether oxygens (including phenoxy) is 1. The number of halogens is 1. The van der Waals surface area contributed by atoms with Crippen molar-refractivity contribution in [2.24, 2.45) is 11.8 Å². The molecule has 1 aliphatic carbocycles. The van der Waals surface area contributed by atoms with Gasteiger partial charge in [-0.05, 0) is 49.2 Å². The number of anilines is 1. The SMILES string of the molecule is O=C(NC1CCOc2ccc(Br)cc21)c1cccc(N2NC(=O)C3CC=CCC3C2=O)c1. The van der Waals surface area contributed by atoms with Crippen LogP contribution in [0.4, 0.5) is 5.69 Å². The van der Waals surface area contributed by atoms with Gasteiger partial charge in [0.2, 0.25) is 11.8 Å². The predicted octanol–water partition coefficient (Wildman–Crippen LogP) is 3.66. The highest BCUT2D eigenvalue weighted by atomic mass is 79.9. The second kappa shape index (κ2) is 8.43. The fourth-order valence-corrected chi connectivity index (χ4v) is 4.90. The number of allylic oxidation sites excluding steroid dienone is 2. The van der Waals surface area contributed by atoms with E-state index in [-0.39, 0.29) is 35.6 Å². The molecule has 0 spiro atoms. The van der Waals surface area contributed by atoms with Gasteiger partial charge in [0.15, 0.2) is 0 Å². The summed E-state index contributed by atoms with van der Waals surface area (Å²) in [6.45, 7) is 0.519. The number of hydrogen-bond acceptors (Lipinski definition) is 4. The van der Waals surface area contributed by atoms with Crippen LogP contribution in [0.1, 0.15) is 41.2 Å². The first-order chi connectivity index (χ1) is 15.5. The van der Waals surface area contributed by atoms with Crippen LogP contribution in [0.3, 0.4) is 0 Å². The van der Waals surface area contributed by atoms with Gasteiger partial charge in [-0.1, -0.05) is 34.1 Å². The monoisotopic (exact) mass is 495 g/mol. The van der Waals surface area contributed by atoms with Crippen LogP contribution in [0, 0.1) is 11.8 Å². The average molecular weight is 496 g/mol. The van der Waals surface area contributed by atoms with Gasteiger partial charge in [0.25, 0.3) is 5.91 Å². The third-order valence-corrected chi connectivity index (χ3v) is 6.71. The van der Waals surface area contributed by atoms with Crippen LogP contribution >= 0.6 is 15.9 Å². The van der Waals surface area contributed by atoms with E-state index in [1.807, 2.05) is 30.4 Å². The van der Waals surface area contributed by atoms with E-state index in [0.717, 1.165) is 15.8 Å². The molecule has 7 nitrogen and oxygen atoms in total. The third kappa shape index (κ3) is 3.79. The Balaban J connectivity index is 1.36. The van der Waals surface area contributed by atoms with Crippen LogP contribution in [-0.2, 0) is 9.59 Å². The maximum Gasteiger partial charge on any atom is 0.251 e. The Labute approximate surface area is 193 Å². The first-order valence-corrected chi connectivity index (χ1v) is 11.4. The summed E-state index contributed by atoms with van der Waals surface area (Å²) in [6, 6.07) is 12.3. The van der Waals surface area contributed by atoms with Crippen LogP contribution in [0.25, 0.3) is 0 Å². The van der Waals surface area contributed by atoms with Crippen molar-refractivity contribution < 1.29 is 19.1 Å². The van der Waals surface area contributed by atoms with E-state index in [2.05, 4.69) is 26.7 Å². The van der Waals surface area contributed by atoms with E-state index in [1.54, 1.807) is 24.3 Å². The molecule has 8 heteroatoms. The van der Waals surface area contributed by atoms with Gasteiger partial charge in [0.05, 0.1) is 30.2 Å². The first-order valence-electron chi connectivity index (χ1n) is 10.6. The first kappa shape index (κ1) is 20.8. The lowest BCUT2D eigenvalue weighted by Gasteiger charge is -2.38. The normalized spacial score (nSPS) is 24.2. The van der Waals surface area contributed by atoms with Gasteiger partial charge in [-0.2, -0.15) is 0 Å². The summed E-state index contributed by atoms with van der Waals surface area (Å²) in [5.41, 5.74) is 4.51. The van der Waals surface area contributed by atoms with E-state index in [9.17, 15) is 14.4 Å². The van der Waals surface area contributed by atoms with Gasteiger partial charge in [0, 0.05) is 22.0 Å². The van der Waals surface area contributed by atoms with Crippen molar-refractivity contribution in [3.05, 3.63) is 70.2 Å². The van der Waals surface area contributed by atoms with Crippen LogP contribution in [-0.4, -0.2) is 24.3 Å². The molecule has 0 aromatic heterocycles. The minimum absolute atomic E-state index is 0.153. The van der Waals surface area contributed by atoms with E-state index >= 15 is 0 Å². The highest BCUT2D eigenvalue weighted by molar-refractivity contribution is 9.10. The largest absolute Gasteiger partial charge is 0.493 e. The molecule has 0 bridgehead atoms. The molecule has 2 N–H and O–H groups in total. The lowest BCUT2D eigenvalue weighted by atomic mass is 9.80. The van der Waals surface area contributed by atoms with E-state index < -0.39 is 0 Å². The summed E-state index contributed by atoms with van der Waals surface area (Å²) in [5, 5.41) is 4.35. The third-order valence-electron chi connectivity index (χ3n) is 6.21. The minimum Gasteiger partial charge on any atom is -0.493 e. The van der Waals surface area contributed by atoms with Crippen molar-refractivity contribution in [1.29, 1.82) is 0 Å². The van der Waals surface area contributed by atoms with Crippen molar-refractivity contribution in [2.75, 3.05) is 11.6 Å². The number of rotatable bonds is 3. The summed E-state index contributed by atoms with van der Waals surface area (Å²) in [4.78, 5) is 38.6. The summed E-state index contributed by atoms with van der Waals surface area (Å²) < 4.78 is 6.61. The van der Waals surface area contributed by atoms with Crippen LogP contribution in [0.2, 0.25) is 0 Å². The number of carbonyl (C=O) groups excluding carboxylic acids is 3. The van der Waals surface area contributed by atoms with Crippen molar-refractivity contribution in [1.82, 2.24) is 10.7 Å². The molecule has 2 aromatic rings. The quantitative estimate of drug-likeness (QED) is 0.636. The van der Waals surface area contributed by atoms with Gasteiger partial charge in [-0.25, -0.2) is 5.01 Å². The molecular weight excluding hydrogens is 474 g/mol. The number of hydrazine groups is 1. The Morgan fingerprint density at radius 1 is 1.09 bits per heavy atom. The Kier molecular flexibility index (Phi) is 5.46. The Morgan fingerprint density at radius 2 is 1.91 bits per heavy atom. The summed E-state index contributed by atoms with van der Waals surface area (Å²) in [5.74, 6) is -0.514. The minimum atomic E-state index is -0.372. The molecule has 3 unspecified atom stereocenters.